The van der Waals surface area contributed by atoms with Gasteiger partial charge in [-0.2, -0.15) is 5.26 Å². The smallest absolute Gasteiger partial charge is 0.0998 e. The third-order valence-corrected chi connectivity index (χ3v) is 5.70. The number of hydrogen-bond donors (Lipinski definition) is 0. The van der Waals surface area contributed by atoms with Crippen LogP contribution in [-0.2, 0) is 0 Å². The molecule has 0 aliphatic carbocycles. The van der Waals surface area contributed by atoms with Crippen LogP contribution in [0.15, 0.2) is 42.5 Å². The maximum absolute atomic E-state index is 9.66. The Morgan fingerprint density at radius 1 is 1.18 bits per heavy atom. The second-order valence-electron chi connectivity index (χ2n) is 7.70. The number of anilines is 1. The Labute approximate surface area is 177 Å². The number of fused-ring (bicyclic) bond motifs is 1. The molecule has 2 aromatic carbocycles. The van der Waals surface area contributed by atoms with Gasteiger partial charge < -0.3 is 4.90 Å². The summed E-state index contributed by atoms with van der Waals surface area (Å²) in [4.78, 5) is 2.40. The number of nitriles is 1. The maximum Gasteiger partial charge on any atom is 0.0998 e. The van der Waals surface area contributed by atoms with E-state index in [2.05, 4.69) is 50.8 Å². The van der Waals surface area contributed by atoms with Gasteiger partial charge >= 0.3 is 0 Å². The van der Waals surface area contributed by atoms with Gasteiger partial charge in [-0.25, -0.2) is 0 Å². The first-order valence-corrected chi connectivity index (χ1v) is 10.2. The fraction of sp³-hybridized carbons (Fsp3) is 0.292. The van der Waals surface area contributed by atoms with E-state index in [0.717, 1.165) is 35.3 Å². The maximum atomic E-state index is 9.66. The van der Waals surface area contributed by atoms with Crippen LogP contribution in [-0.4, -0.2) is 12.1 Å². The van der Waals surface area contributed by atoms with Crippen molar-refractivity contribution in [1.29, 1.82) is 5.26 Å². The van der Waals surface area contributed by atoms with Gasteiger partial charge in [-0.15, -0.1) is 0 Å². The molecule has 28 heavy (non-hydrogen) atoms. The van der Waals surface area contributed by atoms with Crippen molar-refractivity contribution in [3.8, 4) is 6.07 Å². The molecule has 0 saturated carbocycles. The first kappa shape index (κ1) is 20.5. The van der Waals surface area contributed by atoms with Crippen molar-refractivity contribution in [1.82, 2.24) is 0 Å². The summed E-state index contributed by atoms with van der Waals surface area (Å²) in [5.74, 6) is 0. The van der Waals surface area contributed by atoms with Gasteiger partial charge in [-0.3, -0.25) is 0 Å². The van der Waals surface area contributed by atoms with E-state index >= 15 is 0 Å². The third kappa shape index (κ3) is 3.97. The molecule has 0 saturated heterocycles. The van der Waals surface area contributed by atoms with Gasteiger partial charge in [0.15, 0.2) is 0 Å². The predicted molar refractivity (Wildman–Crippen MR) is 122 cm³/mol. The van der Waals surface area contributed by atoms with E-state index in [1.807, 2.05) is 24.3 Å². The second-order valence-corrected chi connectivity index (χ2v) is 8.54. The Hall–Kier alpha value is -2.21. The minimum Gasteiger partial charge on any atom is -0.362 e. The highest BCUT2D eigenvalue weighted by Gasteiger charge is 2.31. The molecule has 1 aliphatic rings. The van der Waals surface area contributed by atoms with Gasteiger partial charge in [0.05, 0.1) is 17.2 Å². The SMILES string of the molecule is CCCN1c2cc(Cl)c(/C=C(\C#N)c3ccc(Cl)cc3)cc2C(C)=CC1(C)C. The lowest BCUT2D eigenvalue weighted by molar-refractivity contribution is 0.550. The standard InChI is InChI=1S/C24H24Cl2N2/c1-5-10-28-23-13-22(26)18(12-21(23)16(2)14-24(28,3)4)11-19(15-27)17-6-8-20(25)9-7-17/h6-9,11-14H,5,10H2,1-4H3/b19-11+. The Morgan fingerprint density at radius 2 is 1.86 bits per heavy atom. The number of nitrogens with zero attached hydrogens (tertiary/aromatic N) is 2. The summed E-state index contributed by atoms with van der Waals surface area (Å²) in [6.07, 6.45) is 5.21. The van der Waals surface area contributed by atoms with Gasteiger partial charge in [-0.1, -0.05) is 48.3 Å². The summed E-state index contributed by atoms with van der Waals surface area (Å²) in [5, 5.41) is 10.9. The van der Waals surface area contributed by atoms with E-state index in [0.29, 0.717) is 15.6 Å². The molecule has 144 valence electrons. The Kier molecular flexibility index (Phi) is 5.89. The lowest BCUT2D eigenvalue weighted by atomic mass is 9.87. The Balaban J connectivity index is 2.12. The first-order chi connectivity index (χ1) is 13.3. The van der Waals surface area contributed by atoms with Crippen LogP contribution in [0.4, 0.5) is 5.69 Å². The quantitative estimate of drug-likeness (QED) is 0.385. The number of benzene rings is 2. The van der Waals surface area contributed by atoms with E-state index in [9.17, 15) is 5.26 Å². The molecule has 1 aliphatic heterocycles. The third-order valence-electron chi connectivity index (χ3n) is 5.12. The molecule has 0 unspecified atom stereocenters. The number of allylic oxidation sites excluding steroid dienone is 2. The van der Waals surface area contributed by atoms with Gasteiger partial charge in [0.1, 0.15) is 0 Å². The fourth-order valence-corrected chi connectivity index (χ4v) is 4.16. The van der Waals surface area contributed by atoms with Gasteiger partial charge in [0, 0.05) is 27.8 Å². The average molecular weight is 411 g/mol. The van der Waals surface area contributed by atoms with Crippen LogP contribution < -0.4 is 4.90 Å². The summed E-state index contributed by atoms with van der Waals surface area (Å²) in [6.45, 7) is 9.74. The zero-order valence-electron chi connectivity index (χ0n) is 16.7. The average Bonchev–Trinajstić information content (AvgIpc) is 2.64. The lowest BCUT2D eigenvalue weighted by Crippen LogP contribution is -2.45. The van der Waals surface area contributed by atoms with Crippen molar-refractivity contribution in [3.05, 3.63) is 69.2 Å². The molecule has 0 bridgehead atoms. The van der Waals surface area contributed by atoms with Crippen LogP contribution >= 0.6 is 23.2 Å². The Morgan fingerprint density at radius 3 is 2.46 bits per heavy atom. The van der Waals surface area contributed by atoms with Crippen molar-refractivity contribution >= 4 is 46.1 Å². The predicted octanol–water partition coefficient (Wildman–Crippen LogP) is 7.47. The van der Waals surface area contributed by atoms with E-state index in [-0.39, 0.29) is 5.54 Å². The van der Waals surface area contributed by atoms with E-state index in [1.54, 1.807) is 12.1 Å². The highest BCUT2D eigenvalue weighted by Crippen LogP contribution is 2.42. The number of halogens is 2. The monoisotopic (exact) mass is 410 g/mol. The molecule has 0 aromatic heterocycles. The van der Waals surface area contributed by atoms with Crippen LogP contribution in [0.25, 0.3) is 17.2 Å². The van der Waals surface area contributed by atoms with E-state index < -0.39 is 0 Å². The van der Waals surface area contributed by atoms with E-state index in [1.165, 1.54) is 5.57 Å². The van der Waals surface area contributed by atoms with Gasteiger partial charge in [-0.05, 0) is 74.2 Å². The summed E-state index contributed by atoms with van der Waals surface area (Å²) >= 11 is 12.6. The Bertz CT molecular complexity index is 993. The minimum absolute atomic E-state index is 0.0606. The molecule has 4 heteroatoms. The van der Waals surface area contributed by atoms with Crippen LogP contribution in [0, 0.1) is 11.3 Å². The molecule has 3 rings (SSSR count). The number of rotatable bonds is 4. The summed E-state index contributed by atoms with van der Waals surface area (Å²) < 4.78 is 0. The first-order valence-electron chi connectivity index (χ1n) is 9.45. The molecule has 2 aromatic rings. The molecule has 2 nitrogen and oxygen atoms in total. The molecule has 1 heterocycles. The van der Waals surface area contributed by atoms with Crippen molar-refractivity contribution < 1.29 is 0 Å². The van der Waals surface area contributed by atoms with Crippen LogP contribution in [0.3, 0.4) is 0 Å². The fourth-order valence-electron chi connectivity index (χ4n) is 3.82. The molecule has 0 radical (unpaired) electrons. The topological polar surface area (TPSA) is 27.0 Å². The van der Waals surface area contributed by atoms with Gasteiger partial charge in [0.25, 0.3) is 0 Å². The highest BCUT2D eigenvalue weighted by molar-refractivity contribution is 6.33. The van der Waals surface area contributed by atoms with Crippen molar-refractivity contribution in [3.63, 3.8) is 0 Å². The van der Waals surface area contributed by atoms with Crippen LogP contribution in [0.2, 0.25) is 10.0 Å². The summed E-state index contributed by atoms with van der Waals surface area (Å²) in [5.41, 5.74) is 5.70. The lowest BCUT2D eigenvalue weighted by Gasteiger charge is -2.43. The highest BCUT2D eigenvalue weighted by atomic mass is 35.5. The minimum atomic E-state index is -0.0606. The molecular weight excluding hydrogens is 387 g/mol. The second kappa shape index (κ2) is 8.03. The molecule has 0 spiro atoms. The van der Waals surface area contributed by atoms with Gasteiger partial charge in [0.2, 0.25) is 0 Å². The van der Waals surface area contributed by atoms with Crippen LogP contribution in [0.1, 0.15) is 50.8 Å². The zero-order chi connectivity index (χ0) is 20.5. The normalized spacial score (nSPS) is 15.7. The molecule has 0 fully saturated rings. The van der Waals surface area contributed by atoms with Crippen molar-refractivity contribution in [2.24, 2.45) is 0 Å². The molecular formula is C24H24Cl2N2. The summed E-state index contributed by atoms with van der Waals surface area (Å²) in [6, 6.07) is 13.7. The van der Waals surface area contributed by atoms with Crippen molar-refractivity contribution in [2.45, 2.75) is 39.7 Å². The molecule has 0 atom stereocenters. The van der Waals surface area contributed by atoms with E-state index in [4.69, 9.17) is 23.2 Å². The largest absolute Gasteiger partial charge is 0.362 e. The zero-order valence-corrected chi connectivity index (χ0v) is 18.2. The molecule has 0 N–H and O–H groups in total. The molecule has 0 amide bonds. The number of hydrogen-bond acceptors (Lipinski definition) is 2. The van der Waals surface area contributed by atoms with Crippen LogP contribution in [0.5, 0.6) is 0 Å². The van der Waals surface area contributed by atoms with Crippen molar-refractivity contribution in [2.75, 3.05) is 11.4 Å². The summed E-state index contributed by atoms with van der Waals surface area (Å²) in [7, 11) is 0.